The summed E-state index contributed by atoms with van der Waals surface area (Å²) in [5.41, 5.74) is 1.18. The van der Waals surface area contributed by atoms with Crippen molar-refractivity contribution in [3.8, 4) is 11.5 Å². The molecule has 0 amide bonds. The molecule has 0 N–H and O–H groups in total. The van der Waals surface area contributed by atoms with Gasteiger partial charge in [-0.15, -0.1) is 0 Å². The van der Waals surface area contributed by atoms with E-state index in [4.69, 9.17) is 18.9 Å². The Morgan fingerprint density at radius 2 is 1.86 bits per heavy atom. The minimum Gasteiger partial charge on any atom is -0.454 e. The van der Waals surface area contributed by atoms with Crippen molar-refractivity contribution in [3.05, 3.63) is 23.8 Å². The van der Waals surface area contributed by atoms with Crippen LogP contribution >= 0.6 is 0 Å². The minimum absolute atomic E-state index is 0.183. The molecular formula is C17H24O4. The Balaban J connectivity index is 1.65. The molecule has 0 saturated carbocycles. The van der Waals surface area contributed by atoms with Gasteiger partial charge in [-0.2, -0.15) is 0 Å². The number of benzene rings is 1. The lowest BCUT2D eigenvalue weighted by Crippen LogP contribution is -2.38. The van der Waals surface area contributed by atoms with E-state index in [0.717, 1.165) is 36.7 Å². The maximum absolute atomic E-state index is 6.01. The first-order chi connectivity index (χ1) is 10.3. The van der Waals surface area contributed by atoms with Crippen LogP contribution < -0.4 is 9.47 Å². The van der Waals surface area contributed by atoms with Gasteiger partial charge in [0.15, 0.2) is 17.8 Å². The van der Waals surface area contributed by atoms with Crippen LogP contribution in [0.2, 0.25) is 0 Å². The normalized spacial score (nSPS) is 27.8. The van der Waals surface area contributed by atoms with Gasteiger partial charge in [0.1, 0.15) is 0 Å². The van der Waals surface area contributed by atoms with Gasteiger partial charge in [-0.25, -0.2) is 0 Å². The molecule has 1 aromatic carbocycles. The summed E-state index contributed by atoms with van der Waals surface area (Å²) in [4.78, 5) is 0. The van der Waals surface area contributed by atoms with Crippen LogP contribution in [-0.2, 0) is 9.47 Å². The lowest BCUT2D eigenvalue weighted by molar-refractivity contribution is -0.236. The summed E-state index contributed by atoms with van der Waals surface area (Å²) < 4.78 is 22.8. The SMILES string of the molecule is CCCCC1(CC)COC(c2ccc3c(c2)OCO3)OC1. The van der Waals surface area contributed by atoms with Gasteiger partial charge in [0.25, 0.3) is 0 Å². The highest BCUT2D eigenvalue weighted by Gasteiger charge is 2.35. The van der Waals surface area contributed by atoms with Crippen LogP contribution in [0.4, 0.5) is 0 Å². The smallest absolute Gasteiger partial charge is 0.231 e. The number of fused-ring (bicyclic) bond motifs is 1. The van der Waals surface area contributed by atoms with Crippen LogP contribution in [0.25, 0.3) is 0 Å². The Labute approximate surface area is 126 Å². The zero-order chi connectivity index (χ0) is 14.7. The van der Waals surface area contributed by atoms with Crippen molar-refractivity contribution < 1.29 is 18.9 Å². The van der Waals surface area contributed by atoms with Crippen molar-refractivity contribution in [1.82, 2.24) is 0 Å². The van der Waals surface area contributed by atoms with E-state index in [0.29, 0.717) is 6.79 Å². The highest BCUT2D eigenvalue weighted by Crippen LogP contribution is 2.40. The molecule has 2 aliphatic heterocycles. The Hall–Kier alpha value is -1.26. The van der Waals surface area contributed by atoms with Crippen molar-refractivity contribution in [2.24, 2.45) is 5.41 Å². The Morgan fingerprint density at radius 3 is 2.57 bits per heavy atom. The van der Waals surface area contributed by atoms with Gasteiger partial charge in [0.2, 0.25) is 6.79 Å². The molecule has 21 heavy (non-hydrogen) atoms. The second-order valence-corrected chi connectivity index (χ2v) is 6.02. The average Bonchev–Trinajstić information content (AvgIpc) is 3.01. The fourth-order valence-electron chi connectivity index (χ4n) is 2.92. The van der Waals surface area contributed by atoms with E-state index in [1.54, 1.807) is 0 Å². The molecule has 0 aliphatic carbocycles. The van der Waals surface area contributed by atoms with Gasteiger partial charge in [-0.3, -0.25) is 0 Å². The summed E-state index contributed by atoms with van der Waals surface area (Å²) >= 11 is 0. The van der Waals surface area contributed by atoms with Gasteiger partial charge < -0.3 is 18.9 Å². The van der Waals surface area contributed by atoms with E-state index in [1.165, 1.54) is 19.3 Å². The molecule has 116 valence electrons. The molecule has 0 unspecified atom stereocenters. The standard InChI is InChI=1S/C17H24O4/c1-3-5-8-17(4-2)10-18-16(19-11-17)13-6-7-14-15(9-13)21-12-20-14/h6-7,9,16H,3-5,8,10-12H2,1-2H3. The summed E-state index contributed by atoms with van der Waals surface area (Å²) in [5.74, 6) is 1.57. The lowest BCUT2D eigenvalue weighted by Gasteiger charge is -2.39. The largest absolute Gasteiger partial charge is 0.454 e. The summed E-state index contributed by atoms with van der Waals surface area (Å²) in [6.07, 6.45) is 4.43. The fourth-order valence-corrected chi connectivity index (χ4v) is 2.92. The third-order valence-electron chi connectivity index (χ3n) is 4.56. The molecule has 0 aromatic heterocycles. The minimum atomic E-state index is -0.291. The summed E-state index contributed by atoms with van der Waals surface area (Å²) in [7, 11) is 0. The maximum atomic E-state index is 6.01. The van der Waals surface area contributed by atoms with E-state index in [1.807, 2.05) is 18.2 Å². The first-order valence-corrected chi connectivity index (χ1v) is 7.89. The van der Waals surface area contributed by atoms with Crippen molar-refractivity contribution in [2.45, 2.75) is 45.8 Å². The first kappa shape index (κ1) is 14.7. The van der Waals surface area contributed by atoms with Gasteiger partial charge >= 0.3 is 0 Å². The van der Waals surface area contributed by atoms with Crippen LogP contribution in [0, 0.1) is 5.41 Å². The zero-order valence-electron chi connectivity index (χ0n) is 12.9. The molecule has 3 rings (SSSR count). The zero-order valence-corrected chi connectivity index (χ0v) is 12.9. The molecule has 0 radical (unpaired) electrons. The molecule has 4 heteroatoms. The fraction of sp³-hybridized carbons (Fsp3) is 0.647. The monoisotopic (exact) mass is 292 g/mol. The van der Waals surface area contributed by atoms with Crippen LogP contribution in [-0.4, -0.2) is 20.0 Å². The molecule has 1 saturated heterocycles. The van der Waals surface area contributed by atoms with E-state index < -0.39 is 0 Å². The van der Waals surface area contributed by atoms with E-state index >= 15 is 0 Å². The molecule has 4 nitrogen and oxygen atoms in total. The lowest BCUT2D eigenvalue weighted by atomic mass is 9.81. The predicted molar refractivity (Wildman–Crippen MR) is 79.5 cm³/mol. The molecular weight excluding hydrogens is 268 g/mol. The average molecular weight is 292 g/mol. The predicted octanol–water partition coefficient (Wildman–Crippen LogP) is 4.05. The molecule has 0 atom stereocenters. The van der Waals surface area contributed by atoms with E-state index in [2.05, 4.69) is 13.8 Å². The van der Waals surface area contributed by atoms with Crippen molar-refractivity contribution >= 4 is 0 Å². The van der Waals surface area contributed by atoms with Crippen LogP contribution in [0.3, 0.4) is 0 Å². The first-order valence-electron chi connectivity index (χ1n) is 7.89. The topological polar surface area (TPSA) is 36.9 Å². The highest BCUT2D eigenvalue weighted by atomic mass is 16.7. The Bertz CT molecular complexity index is 478. The number of hydrogen-bond donors (Lipinski definition) is 0. The summed E-state index contributed by atoms with van der Waals surface area (Å²) in [6, 6.07) is 5.87. The van der Waals surface area contributed by atoms with Crippen molar-refractivity contribution in [3.63, 3.8) is 0 Å². The summed E-state index contributed by atoms with van der Waals surface area (Å²) in [6.45, 7) is 6.28. The van der Waals surface area contributed by atoms with Gasteiger partial charge in [-0.05, 0) is 31.0 Å². The molecule has 1 fully saturated rings. The van der Waals surface area contributed by atoms with Crippen LogP contribution in [0.1, 0.15) is 51.4 Å². The number of ether oxygens (including phenoxy) is 4. The van der Waals surface area contributed by atoms with Gasteiger partial charge in [0.05, 0.1) is 13.2 Å². The van der Waals surface area contributed by atoms with Gasteiger partial charge in [0, 0.05) is 11.0 Å². The highest BCUT2D eigenvalue weighted by molar-refractivity contribution is 5.44. The van der Waals surface area contributed by atoms with Crippen molar-refractivity contribution in [2.75, 3.05) is 20.0 Å². The van der Waals surface area contributed by atoms with E-state index in [-0.39, 0.29) is 11.7 Å². The van der Waals surface area contributed by atoms with Crippen LogP contribution in [0.15, 0.2) is 18.2 Å². The summed E-state index contributed by atoms with van der Waals surface area (Å²) in [5, 5.41) is 0. The molecule has 0 bridgehead atoms. The van der Waals surface area contributed by atoms with Crippen molar-refractivity contribution in [1.29, 1.82) is 0 Å². The second kappa shape index (κ2) is 6.24. The number of unbranched alkanes of at least 4 members (excludes halogenated alkanes) is 1. The Kier molecular flexibility index (Phi) is 4.36. The third-order valence-corrected chi connectivity index (χ3v) is 4.56. The second-order valence-electron chi connectivity index (χ2n) is 6.02. The molecule has 2 heterocycles. The quantitative estimate of drug-likeness (QED) is 0.820. The third kappa shape index (κ3) is 3.01. The number of rotatable bonds is 5. The van der Waals surface area contributed by atoms with E-state index in [9.17, 15) is 0 Å². The number of hydrogen-bond acceptors (Lipinski definition) is 4. The maximum Gasteiger partial charge on any atom is 0.231 e. The molecule has 1 aromatic rings. The molecule has 0 spiro atoms. The molecule has 2 aliphatic rings. The Morgan fingerprint density at radius 1 is 1.10 bits per heavy atom. The van der Waals surface area contributed by atoms with Gasteiger partial charge in [-0.1, -0.05) is 26.7 Å². The van der Waals surface area contributed by atoms with Crippen LogP contribution in [0.5, 0.6) is 11.5 Å².